The van der Waals surface area contributed by atoms with Gasteiger partial charge in [0, 0.05) is 57.5 Å². The van der Waals surface area contributed by atoms with Crippen molar-refractivity contribution >= 4 is 17.9 Å². The topological polar surface area (TPSA) is 51.0 Å². The molecule has 3 aromatic heterocycles. The molecule has 0 N–H and O–H groups in total. The van der Waals surface area contributed by atoms with Crippen LogP contribution in [0.5, 0.6) is 0 Å². The first-order chi connectivity index (χ1) is 11.8. The number of allylic oxidation sites excluding steroid dienone is 2. The Kier molecular flexibility index (Phi) is 7.05. The monoisotopic (exact) mass is 399 g/mol. The third-order valence-corrected chi connectivity index (χ3v) is 3.45. The van der Waals surface area contributed by atoms with Crippen LogP contribution in [0.25, 0.3) is 22.3 Å². The molecule has 3 rings (SSSR count). The third-order valence-electron chi connectivity index (χ3n) is 3.45. The molecule has 0 aliphatic carbocycles. The van der Waals surface area contributed by atoms with E-state index in [9.17, 15) is 0 Å². The summed E-state index contributed by atoms with van der Waals surface area (Å²) in [7, 11) is 0. The second kappa shape index (κ2) is 9.26. The molecule has 0 bridgehead atoms. The number of rotatable bonds is 5. The molecule has 0 amide bonds. The van der Waals surface area contributed by atoms with Crippen LogP contribution >= 0.6 is 0 Å². The first-order valence-corrected chi connectivity index (χ1v) is 7.27. The van der Waals surface area contributed by atoms with Crippen LogP contribution in [0.4, 0.5) is 0 Å². The number of aliphatic imine (C=N–C) groups is 1. The van der Waals surface area contributed by atoms with Crippen LogP contribution < -0.4 is 0 Å². The van der Waals surface area contributed by atoms with E-state index in [2.05, 4.69) is 45.5 Å². The zero-order chi connectivity index (χ0) is 16.8. The van der Waals surface area contributed by atoms with Gasteiger partial charge in [0.1, 0.15) is 0 Å². The molecule has 0 aromatic carbocycles. The maximum atomic E-state index is 4.40. The number of pyridine rings is 3. The molecule has 0 spiro atoms. The van der Waals surface area contributed by atoms with E-state index in [1.807, 2.05) is 30.3 Å². The van der Waals surface area contributed by atoms with Crippen LogP contribution in [-0.4, -0.2) is 21.7 Å². The van der Waals surface area contributed by atoms with Crippen molar-refractivity contribution in [1.29, 1.82) is 0 Å². The SMILES string of the molecule is C=N[C-]=C(C(=C)c1ccncc1)c1[c-]c(-c2ccncc2)ccn1.[Y]. The molecule has 3 aromatic rings. The summed E-state index contributed by atoms with van der Waals surface area (Å²) >= 11 is 0. The molecule has 119 valence electrons. The van der Waals surface area contributed by atoms with E-state index in [0.717, 1.165) is 22.3 Å². The summed E-state index contributed by atoms with van der Waals surface area (Å²) in [5, 5.41) is 0. The summed E-state index contributed by atoms with van der Waals surface area (Å²) in [5.74, 6) is 0. The fraction of sp³-hybridized carbons (Fsp3) is 0. The minimum atomic E-state index is 0. The summed E-state index contributed by atoms with van der Waals surface area (Å²) in [6, 6.07) is 12.8. The van der Waals surface area contributed by atoms with Crippen LogP contribution in [0.2, 0.25) is 0 Å². The van der Waals surface area contributed by atoms with Crippen molar-refractivity contribution < 1.29 is 32.7 Å². The molecule has 5 heteroatoms. The number of hydrogen-bond donors (Lipinski definition) is 0. The van der Waals surface area contributed by atoms with E-state index in [1.165, 1.54) is 0 Å². The molecule has 4 nitrogen and oxygen atoms in total. The Bertz CT molecular complexity index is 890. The summed E-state index contributed by atoms with van der Waals surface area (Å²) in [6.07, 6.45) is 11.5. The largest absolute Gasteiger partial charge is 0.377 e. The number of hydrogen-bond acceptors (Lipinski definition) is 4. The molecule has 0 unspecified atom stereocenters. The Morgan fingerprint density at radius 1 is 0.960 bits per heavy atom. The Morgan fingerprint density at radius 2 is 1.60 bits per heavy atom. The average molecular weight is 399 g/mol. The average Bonchev–Trinajstić information content (AvgIpc) is 2.67. The normalized spacial score (nSPS) is 10.6. The molecule has 25 heavy (non-hydrogen) atoms. The van der Waals surface area contributed by atoms with E-state index in [-0.39, 0.29) is 32.7 Å². The Balaban J connectivity index is 0.00000225. The van der Waals surface area contributed by atoms with Gasteiger partial charge in [0.05, 0.1) is 0 Å². The maximum absolute atomic E-state index is 4.40. The quantitative estimate of drug-likeness (QED) is 0.372. The summed E-state index contributed by atoms with van der Waals surface area (Å²) in [6.45, 7) is 7.63. The van der Waals surface area contributed by atoms with Gasteiger partial charge < -0.3 is 9.98 Å². The van der Waals surface area contributed by atoms with Gasteiger partial charge in [-0.05, 0) is 18.3 Å². The van der Waals surface area contributed by atoms with Crippen molar-refractivity contribution in [3.05, 3.63) is 91.4 Å². The minimum Gasteiger partial charge on any atom is -0.377 e. The molecule has 0 saturated heterocycles. The molecule has 0 aliphatic rings. The third kappa shape index (κ3) is 4.62. The predicted molar refractivity (Wildman–Crippen MR) is 95.8 cm³/mol. The van der Waals surface area contributed by atoms with Crippen LogP contribution in [0.15, 0.2) is 72.9 Å². The maximum Gasteiger partial charge on any atom is 0.0265 e. The van der Waals surface area contributed by atoms with Gasteiger partial charge >= 0.3 is 0 Å². The zero-order valence-corrected chi connectivity index (χ0v) is 16.4. The minimum absolute atomic E-state index is 0. The van der Waals surface area contributed by atoms with Crippen LogP contribution in [0.1, 0.15) is 11.3 Å². The zero-order valence-electron chi connectivity index (χ0n) is 13.6. The van der Waals surface area contributed by atoms with Gasteiger partial charge in [0.25, 0.3) is 0 Å². The van der Waals surface area contributed by atoms with Gasteiger partial charge in [-0.25, -0.2) is 0 Å². The van der Waals surface area contributed by atoms with Crippen molar-refractivity contribution in [2.45, 2.75) is 0 Å². The summed E-state index contributed by atoms with van der Waals surface area (Å²) in [5.41, 5.74) is 4.83. The van der Waals surface area contributed by atoms with Gasteiger partial charge in [-0.3, -0.25) is 9.97 Å². The Labute approximate surface area is 172 Å². The van der Waals surface area contributed by atoms with Crippen molar-refractivity contribution in [3.63, 3.8) is 0 Å². The van der Waals surface area contributed by atoms with Crippen molar-refractivity contribution in [1.82, 2.24) is 15.0 Å². The van der Waals surface area contributed by atoms with Crippen molar-refractivity contribution in [2.24, 2.45) is 4.99 Å². The standard InChI is InChI=1S/C20H14N4.Y/c1-15(16-3-8-22-9-4-16)19(14-21-2)20-13-18(7-12-24-20)17-5-10-23-11-6-17;/h3-12H,1-2H2;/q-2;. The van der Waals surface area contributed by atoms with Gasteiger partial charge in [-0.1, -0.05) is 41.9 Å². The van der Waals surface area contributed by atoms with Crippen LogP contribution in [0, 0.1) is 12.3 Å². The molecule has 3 heterocycles. The van der Waals surface area contributed by atoms with E-state index < -0.39 is 0 Å². The Morgan fingerprint density at radius 3 is 2.24 bits per heavy atom. The van der Waals surface area contributed by atoms with Crippen LogP contribution in [0.3, 0.4) is 0 Å². The van der Waals surface area contributed by atoms with E-state index in [4.69, 9.17) is 0 Å². The molecular weight excluding hydrogens is 385 g/mol. The van der Waals surface area contributed by atoms with Gasteiger partial charge in [0.2, 0.25) is 0 Å². The summed E-state index contributed by atoms with van der Waals surface area (Å²) in [4.78, 5) is 16.2. The second-order valence-electron chi connectivity index (χ2n) is 4.93. The van der Waals surface area contributed by atoms with Crippen molar-refractivity contribution in [3.8, 4) is 11.1 Å². The summed E-state index contributed by atoms with van der Waals surface area (Å²) < 4.78 is 0. The molecule has 0 aliphatic heterocycles. The molecule has 0 atom stereocenters. The predicted octanol–water partition coefficient (Wildman–Crippen LogP) is 3.89. The van der Waals surface area contributed by atoms with Crippen molar-refractivity contribution in [2.75, 3.05) is 0 Å². The first-order valence-electron chi connectivity index (χ1n) is 7.27. The van der Waals surface area contributed by atoms with E-state index in [0.29, 0.717) is 11.3 Å². The second-order valence-corrected chi connectivity index (χ2v) is 4.93. The molecule has 0 saturated carbocycles. The van der Waals surface area contributed by atoms with E-state index in [1.54, 1.807) is 31.0 Å². The number of aromatic nitrogens is 3. The molecule has 0 fully saturated rings. The van der Waals surface area contributed by atoms with Gasteiger partial charge in [0.15, 0.2) is 0 Å². The van der Waals surface area contributed by atoms with Gasteiger partial charge in [-0.15, -0.1) is 23.8 Å². The van der Waals surface area contributed by atoms with Gasteiger partial charge in [-0.2, -0.15) is 11.6 Å². The molecular formula is C20H14N4Y-2. The number of nitrogens with zero attached hydrogens (tertiary/aromatic N) is 4. The first kappa shape index (κ1) is 19.0. The smallest absolute Gasteiger partial charge is 0.0265 e. The fourth-order valence-corrected chi connectivity index (χ4v) is 2.25. The fourth-order valence-electron chi connectivity index (χ4n) is 2.25. The Hall–Kier alpha value is -2.30. The van der Waals surface area contributed by atoms with E-state index >= 15 is 0 Å². The molecule has 1 radical (unpaired) electrons. The van der Waals surface area contributed by atoms with Crippen LogP contribution in [-0.2, 0) is 32.7 Å².